The molecule has 1 aliphatic rings. The number of rotatable bonds is 4. The molecule has 134 valence electrons. The number of hydrogen-bond donors (Lipinski definition) is 0. The summed E-state index contributed by atoms with van der Waals surface area (Å²) in [5.41, 5.74) is -0.578. The summed E-state index contributed by atoms with van der Waals surface area (Å²) in [6, 6.07) is 5.55. The third kappa shape index (κ3) is 3.57. The first kappa shape index (κ1) is 17.6. The van der Waals surface area contributed by atoms with Crippen LogP contribution in [0.15, 0.2) is 44.4 Å². The van der Waals surface area contributed by atoms with Crippen molar-refractivity contribution in [3.05, 3.63) is 58.1 Å². The largest absolute Gasteiger partial charge is 0.489 e. The lowest BCUT2D eigenvalue weighted by Gasteiger charge is -2.18. The smallest absolute Gasteiger partial charge is 0.339 e. The molecule has 0 radical (unpaired) electrons. The van der Waals surface area contributed by atoms with E-state index in [0.717, 1.165) is 28.6 Å². The van der Waals surface area contributed by atoms with Gasteiger partial charge in [0.15, 0.2) is 4.90 Å². The summed E-state index contributed by atoms with van der Waals surface area (Å²) in [7, 11) is -4.32. The summed E-state index contributed by atoms with van der Waals surface area (Å²) < 4.78 is 64.0. The van der Waals surface area contributed by atoms with Gasteiger partial charge >= 0.3 is 5.63 Å². The van der Waals surface area contributed by atoms with E-state index < -0.39 is 38.3 Å². The zero-order valence-corrected chi connectivity index (χ0v) is 14.1. The standard InChI is InChI=1S/C16H15F2NO5S/c1-10-7-12(8-15(20)23-10)24-11-5-6-19(9-11)25(21,22)16-13(17)3-2-4-14(16)18/h2-4,7-8,11H,5-6,9H2,1H3. The highest BCUT2D eigenvalue weighted by molar-refractivity contribution is 7.89. The van der Waals surface area contributed by atoms with Crippen LogP contribution in [0.25, 0.3) is 0 Å². The third-order valence-corrected chi connectivity index (χ3v) is 5.71. The number of benzene rings is 1. The van der Waals surface area contributed by atoms with Crippen LogP contribution in [-0.2, 0) is 10.0 Å². The van der Waals surface area contributed by atoms with Gasteiger partial charge in [0.2, 0.25) is 10.0 Å². The van der Waals surface area contributed by atoms with E-state index in [1.165, 1.54) is 6.07 Å². The third-order valence-electron chi connectivity index (χ3n) is 3.79. The zero-order chi connectivity index (χ0) is 18.2. The van der Waals surface area contributed by atoms with Crippen LogP contribution in [0, 0.1) is 18.6 Å². The Kier molecular flexibility index (Phi) is 4.61. The molecule has 1 saturated heterocycles. The van der Waals surface area contributed by atoms with Gasteiger partial charge in [0.05, 0.1) is 12.6 Å². The second-order valence-electron chi connectivity index (χ2n) is 5.67. The molecule has 0 N–H and O–H groups in total. The fourth-order valence-electron chi connectivity index (χ4n) is 2.71. The Balaban J connectivity index is 1.79. The van der Waals surface area contributed by atoms with Crippen molar-refractivity contribution in [1.82, 2.24) is 4.31 Å². The maximum Gasteiger partial charge on any atom is 0.339 e. The van der Waals surface area contributed by atoms with Crippen LogP contribution >= 0.6 is 0 Å². The molecule has 6 nitrogen and oxygen atoms in total. The fraction of sp³-hybridized carbons (Fsp3) is 0.312. The van der Waals surface area contributed by atoms with Gasteiger partial charge in [-0.05, 0) is 25.5 Å². The summed E-state index contributed by atoms with van der Waals surface area (Å²) in [4.78, 5) is 10.4. The summed E-state index contributed by atoms with van der Waals surface area (Å²) >= 11 is 0. The van der Waals surface area contributed by atoms with Gasteiger partial charge in [-0.15, -0.1) is 0 Å². The Labute approximate surface area is 142 Å². The van der Waals surface area contributed by atoms with E-state index >= 15 is 0 Å². The molecule has 1 aromatic carbocycles. The summed E-state index contributed by atoms with van der Waals surface area (Å²) in [6.07, 6.45) is -0.208. The SMILES string of the molecule is Cc1cc(OC2CCN(S(=O)(=O)c3c(F)cccc3F)C2)cc(=O)o1. The zero-order valence-electron chi connectivity index (χ0n) is 13.2. The van der Waals surface area contributed by atoms with E-state index in [0.29, 0.717) is 12.2 Å². The van der Waals surface area contributed by atoms with Gasteiger partial charge in [-0.25, -0.2) is 22.0 Å². The number of nitrogens with zero attached hydrogens (tertiary/aromatic N) is 1. The minimum Gasteiger partial charge on any atom is -0.489 e. The van der Waals surface area contributed by atoms with Gasteiger partial charge in [-0.1, -0.05) is 6.07 Å². The maximum absolute atomic E-state index is 13.8. The lowest BCUT2D eigenvalue weighted by Crippen LogP contribution is -2.32. The van der Waals surface area contributed by atoms with E-state index in [4.69, 9.17) is 9.15 Å². The Morgan fingerprint density at radius 3 is 2.56 bits per heavy atom. The molecule has 0 bridgehead atoms. The molecule has 2 heterocycles. The molecular formula is C16H15F2NO5S. The number of ether oxygens (including phenoxy) is 1. The number of sulfonamides is 1. The van der Waals surface area contributed by atoms with Crippen molar-refractivity contribution in [2.45, 2.75) is 24.3 Å². The summed E-state index contributed by atoms with van der Waals surface area (Å²) in [6.45, 7) is 1.57. The van der Waals surface area contributed by atoms with Gasteiger partial charge in [0.25, 0.3) is 0 Å². The Morgan fingerprint density at radius 2 is 1.92 bits per heavy atom. The molecule has 0 amide bonds. The van der Waals surface area contributed by atoms with Crippen LogP contribution in [0.1, 0.15) is 12.2 Å². The highest BCUT2D eigenvalue weighted by atomic mass is 32.2. The quantitative estimate of drug-likeness (QED) is 0.822. The van der Waals surface area contributed by atoms with Gasteiger partial charge in [0.1, 0.15) is 29.2 Å². The van der Waals surface area contributed by atoms with Gasteiger partial charge in [-0.3, -0.25) is 0 Å². The normalized spacial score (nSPS) is 18.4. The predicted molar refractivity (Wildman–Crippen MR) is 83.9 cm³/mol. The van der Waals surface area contributed by atoms with Crippen molar-refractivity contribution in [2.24, 2.45) is 0 Å². The second-order valence-corrected chi connectivity index (χ2v) is 7.54. The van der Waals surface area contributed by atoms with Crippen LogP contribution < -0.4 is 10.4 Å². The van der Waals surface area contributed by atoms with Crippen molar-refractivity contribution < 1.29 is 26.4 Å². The van der Waals surface area contributed by atoms with Crippen LogP contribution in [0.4, 0.5) is 8.78 Å². The summed E-state index contributed by atoms with van der Waals surface area (Å²) in [5.74, 6) is -1.66. The number of hydrogen-bond acceptors (Lipinski definition) is 5. The van der Waals surface area contributed by atoms with E-state index in [9.17, 15) is 22.0 Å². The Hall–Kier alpha value is -2.26. The topological polar surface area (TPSA) is 76.8 Å². The van der Waals surface area contributed by atoms with Crippen molar-refractivity contribution in [3.63, 3.8) is 0 Å². The average Bonchev–Trinajstić information content (AvgIpc) is 2.95. The second kappa shape index (κ2) is 6.57. The molecule has 2 aromatic rings. The molecule has 1 atom stereocenters. The predicted octanol–water partition coefficient (Wildman–Crippen LogP) is 2.07. The van der Waals surface area contributed by atoms with E-state index in [-0.39, 0.29) is 18.8 Å². The van der Waals surface area contributed by atoms with Crippen LogP contribution in [0.2, 0.25) is 0 Å². The Morgan fingerprint density at radius 1 is 1.24 bits per heavy atom. The molecule has 1 aliphatic heterocycles. The average molecular weight is 371 g/mol. The maximum atomic E-state index is 13.8. The van der Waals surface area contributed by atoms with Crippen molar-refractivity contribution in [2.75, 3.05) is 13.1 Å². The van der Waals surface area contributed by atoms with E-state index in [1.807, 2.05) is 0 Å². The lowest BCUT2D eigenvalue weighted by atomic mass is 10.3. The lowest BCUT2D eigenvalue weighted by molar-refractivity contribution is 0.212. The van der Waals surface area contributed by atoms with Crippen molar-refractivity contribution >= 4 is 10.0 Å². The van der Waals surface area contributed by atoms with Crippen molar-refractivity contribution in [1.29, 1.82) is 0 Å². The minimum atomic E-state index is -4.32. The summed E-state index contributed by atoms with van der Waals surface area (Å²) in [5, 5.41) is 0. The van der Waals surface area contributed by atoms with Gasteiger partial charge in [-0.2, -0.15) is 4.31 Å². The molecule has 0 spiro atoms. The fourth-order valence-corrected chi connectivity index (χ4v) is 4.30. The first-order valence-corrected chi connectivity index (χ1v) is 8.94. The number of halogens is 2. The van der Waals surface area contributed by atoms with Crippen LogP contribution in [-0.4, -0.2) is 31.9 Å². The van der Waals surface area contributed by atoms with Gasteiger partial charge < -0.3 is 9.15 Å². The first-order chi connectivity index (χ1) is 11.8. The molecule has 1 unspecified atom stereocenters. The monoisotopic (exact) mass is 371 g/mol. The van der Waals surface area contributed by atoms with E-state index in [1.54, 1.807) is 6.92 Å². The molecule has 0 saturated carbocycles. The molecule has 25 heavy (non-hydrogen) atoms. The molecule has 0 aliphatic carbocycles. The minimum absolute atomic E-state index is 0.0567. The number of aryl methyl sites for hydroxylation is 1. The van der Waals surface area contributed by atoms with Crippen LogP contribution in [0.5, 0.6) is 5.75 Å². The Bertz CT molecular complexity index is 937. The van der Waals surface area contributed by atoms with E-state index in [2.05, 4.69) is 0 Å². The highest BCUT2D eigenvalue weighted by Crippen LogP contribution is 2.27. The van der Waals surface area contributed by atoms with Crippen molar-refractivity contribution in [3.8, 4) is 5.75 Å². The molecule has 1 fully saturated rings. The van der Waals surface area contributed by atoms with Crippen LogP contribution in [0.3, 0.4) is 0 Å². The highest BCUT2D eigenvalue weighted by Gasteiger charge is 2.37. The first-order valence-electron chi connectivity index (χ1n) is 7.50. The molecular weight excluding hydrogens is 356 g/mol. The molecule has 9 heteroatoms. The molecule has 1 aromatic heterocycles. The van der Waals surface area contributed by atoms with Gasteiger partial charge in [0, 0.05) is 12.6 Å². The molecule has 3 rings (SSSR count).